The predicted molar refractivity (Wildman–Crippen MR) is 65.9 cm³/mol. The number of furan rings is 1. The van der Waals surface area contributed by atoms with Gasteiger partial charge in [-0.2, -0.15) is 13.2 Å². The molecule has 0 aromatic carbocycles. The summed E-state index contributed by atoms with van der Waals surface area (Å²) < 4.78 is 44.8. The van der Waals surface area contributed by atoms with Crippen molar-refractivity contribution in [2.45, 2.75) is 25.3 Å². The number of alkyl halides is 3. The van der Waals surface area contributed by atoms with Gasteiger partial charge in [0.05, 0.1) is 18.8 Å². The first-order valence-electron chi connectivity index (χ1n) is 6.47. The molecular formula is C12H14F3N5O. The Hall–Kier alpha value is -1.87. The molecule has 0 radical (unpaired) electrons. The fourth-order valence-corrected chi connectivity index (χ4v) is 2.58. The average molecular weight is 301 g/mol. The predicted octanol–water partition coefficient (Wildman–Crippen LogP) is 1.41. The summed E-state index contributed by atoms with van der Waals surface area (Å²) >= 11 is 0. The molecule has 3 rings (SSSR count). The van der Waals surface area contributed by atoms with E-state index in [1.165, 1.54) is 0 Å². The van der Waals surface area contributed by atoms with Gasteiger partial charge in [-0.15, -0.1) is 10.2 Å². The van der Waals surface area contributed by atoms with Crippen LogP contribution < -0.4 is 5.73 Å². The van der Waals surface area contributed by atoms with Crippen molar-refractivity contribution in [3.8, 4) is 0 Å². The number of fused-ring (bicyclic) bond motifs is 1. The Kier molecular flexibility index (Phi) is 3.46. The Bertz CT molecular complexity index is 607. The number of hydrogen-bond donors (Lipinski definition) is 1. The smallest absolute Gasteiger partial charge is 0.451 e. The van der Waals surface area contributed by atoms with Crippen molar-refractivity contribution in [1.82, 2.24) is 19.7 Å². The first-order valence-corrected chi connectivity index (χ1v) is 6.47. The Labute approximate surface area is 118 Å². The largest absolute Gasteiger partial charge is 0.468 e. The minimum atomic E-state index is -4.48. The van der Waals surface area contributed by atoms with E-state index in [9.17, 15) is 13.2 Å². The second-order valence-electron chi connectivity index (χ2n) is 4.83. The summed E-state index contributed by atoms with van der Waals surface area (Å²) in [4.78, 5) is 1.95. The Morgan fingerprint density at radius 3 is 2.76 bits per heavy atom. The molecule has 3 heterocycles. The second kappa shape index (κ2) is 5.15. The highest BCUT2D eigenvalue weighted by molar-refractivity contribution is 5.08. The van der Waals surface area contributed by atoms with Gasteiger partial charge in [-0.05, 0) is 12.1 Å². The van der Waals surface area contributed by atoms with Gasteiger partial charge < -0.3 is 14.7 Å². The average Bonchev–Trinajstić information content (AvgIpc) is 3.06. The SMILES string of the molecule is NCC(c1ccco1)N1CCn2c(nnc2C(F)(F)F)C1. The van der Waals surface area contributed by atoms with Gasteiger partial charge in [0.25, 0.3) is 0 Å². The summed E-state index contributed by atoms with van der Waals surface area (Å²) in [5.41, 5.74) is 5.76. The van der Waals surface area contributed by atoms with E-state index in [1.54, 1.807) is 18.4 Å². The zero-order chi connectivity index (χ0) is 15.0. The van der Waals surface area contributed by atoms with Crippen LogP contribution in [0.4, 0.5) is 13.2 Å². The maximum Gasteiger partial charge on any atom is 0.451 e. The number of nitrogens with zero attached hydrogens (tertiary/aromatic N) is 4. The topological polar surface area (TPSA) is 73.1 Å². The molecule has 2 N–H and O–H groups in total. The van der Waals surface area contributed by atoms with E-state index in [2.05, 4.69) is 10.2 Å². The monoisotopic (exact) mass is 301 g/mol. The van der Waals surface area contributed by atoms with Crippen LogP contribution in [-0.2, 0) is 19.3 Å². The molecular weight excluding hydrogens is 287 g/mol. The summed E-state index contributed by atoms with van der Waals surface area (Å²) in [6.45, 7) is 1.17. The van der Waals surface area contributed by atoms with Gasteiger partial charge in [0.1, 0.15) is 11.6 Å². The van der Waals surface area contributed by atoms with Crippen LogP contribution in [0.3, 0.4) is 0 Å². The molecule has 0 aliphatic carbocycles. The standard InChI is InChI=1S/C12H14F3N5O/c13-12(14,15)11-18-17-10-7-19(3-4-20(10)11)8(6-16)9-2-1-5-21-9/h1-2,5,8H,3-4,6-7,16H2. The van der Waals surface area contributed by atoms with Gasteiger partial charge in [-0.25, -0.2) is 0 Å². The normalized spacial score (nSPS) is 17.7. The molecule has 1 unspecified atom stereocenters. The zero-order valence-corrected chi connectivity index (χ0v) is 11.0. The minimum absolute atomic E-state index is 0.175. The summed E-state index contributed by atoms with van der Waals surface area (Å²) in [6.07, 6.45) is -2.94. The van der Waals surface area contributed by atoms with Crippen molar-refractivity contribution in [2.75, 3.05) is 13.1 Å². The van der Waals surface area contributed by atoms with Gasteiger partial charge in [0.15, 0.2) is 0 Å². The molecule has 114 valence electrons. The highest BCUT2D eigenvalue weighted by Gasteiger charge is 2.40. The second-order valence-corrected chi connectivity index (χ2v) is 4.83. The van der Waals surface area contributed by atoms with Crippen LogP contribution in [0.25, 0.3) is 0 Å². The van der Waals surface area contributed by atoms with E-state index in [1.807, 2.05) is 4.90 Å². The highest BCUT2D eigenvalue weighted by atomic mass is 19.4. The summed E-state index contributed by atoms with van der Waals surface area (Å²) in [5, 5.41) is 6.91. The lowest BCUT2D eigenvalue weighted by Crippen LogP contribution is -2.40. The van der Waals surface area contributed by atoms with Gasteiger partial charge in [0, 0.05) is 19.6 Å². The molecule has 21 heavy (non-hydrogen) atoms. The molecule has 9 heteroatoms. The lowest BCUT2D eigenvalue weighted by molar-refractivity contribution is -0.148. The Morgan fingerprint density at radius 1 is 1.33 bits per heavy atom. The molecule has 1 atom stereocenters. The molecule has 0 bridgehead atoms. The fourth-order valence-electron chi connectivity index (χ4n) is 2.58. The van der Waals surface area contributed by atoms with E-state index in [0.29, 0.717) is 24.7 Å². The third kappa shape index (κ3) is 2.54. The molecule has 1 aliphatic rings. The van der Waals surface area contributed by atoms with Crippen molar-refractivity contribution >= 4 is 0 Å². The van der Waals surface area contributed by atoms with E-state index < -0.39 is 12.0 Å². The van der Waals surface area contributed by atoms with E-state index in [0.717, 1.165) is 4.57 Å². The zero-order valence-electron chi connectivity index (χ0n) is 11.0. The van der Waals surface area contributed by atoms with Crippen molar-refractivity contribution in [3.05, 3.63) is 35.8 Å². The summed E-state index contributed by atoms with van der Waals surface area (Å²) in [7, 11) is 0. The van der Waals surface area contributed by atoms with E-state index in [-0.39, 0.29) is 19.1 Å². The van der Waals surface area contributed by atoms with Crippen LogP contribution in [0.1, 0.15) is 23.5 Å². The Morgan fingerprint density at radius 2 is 2.14 bits per heavy atom. The first kappa shape index (κ1) is 14.1. The molecule has 0 saturated carbocycles. The van der Waals surface area contributed by atoms with E-state index in [4.69, 9.17) is 10.2 Å². The Balaban J connectivity index is 1.83. The number of rotatable bonds is 3. The van der Waals surface area contributed by atoms with Crippen molar-refractivity contribution < 1.29 is 17.6 Å². The third-order valence-corrected chi connectivity index (χ3v) is 3.57. The van der Waals surface area contributed by atoms with Crippen LogP contribution >= 0.6 is 0 Å². The van der Waals surface area contributed by atoms with E-state index >= 15 is 0 Å². The first-order chi connectivity index (χ1) is 10.0. The molecule has 0 saturated heterocycles. The molecule has 2 aromatic heterocycles. The summed E-state index contributed by atoms with van der Waals surface area (Å²) in [6, 6.07) is 3.38. The molecule has 0 fully saturated rings. The summed E-state index contributed by atoms with van der Waals surface area (Å²) in [5.74, 6) is 0.0412. The van der Waals surface area contributed by atoms with Gasteiger partial charge in [-0.3, -0.25) is 4.90 Å². The van der Waals surface area contributed by atoms with Crippen LogP contribution in [0.2, 0.25) is 0 Å². The molecule has 6 nitrogen and oxygen atoms in total. The van der Waals surface area contributed by atoms with Crippen LogP contribution in [0.5, 0.6) is 0 Å². The van der Waals surface area contributed by atoms with Gasteiger partial charge in [0.2, 0.25) is 5.82 Å². The quantitative estimate of drug-likeness (QED) is 0.928. The van der Waals surface area contributed by atoms with Crippen molar-refractivity contribution in [1.29, 1.82) is 0 Å². The highest BCUT2D eigenvalue weighted by Crippen LogP contribution is 2.31. The molecule has 0 amide bonds. The third-order valence-electron chi connectivity index (χ3n) is 3.57. The van der Waals surface area contributed by atoms with Gasteiger partial charge in [-0.1, -0.05) is 0 Å². The lowest BCUT2D eigenvalue weighted by Gasteiger charge is -2.33. The lowest BCUT2D eigenvalue weighted by atomic mass is 10.1. The molecule has 0 spiro atoms. The maximum absolute atomic E-state index is 12.8. The van der Waals surface area contributed by atoms with Gasteiger partial charge >= 0.3 is 6.18 Å². The van der Waals surface area contributed by atoms with Crippen LogP contribution in [0.15, 0.2) is 22.8 Å². The number of hydrogen-bond acceptors (Lipinski definition) is 5. The number of nitrogens with two attached hydrogens (primary N) is 1. The fraction of sp³-hybridized carbons (Fsp3) is 0.500. The molecule has 1 aliphatic heterocycles. The van der Waals surface area contributed by atoms with Crippen molar-refractivity contribution in [3.63, 3.8) is 0 Å². The number of aromatic nitrogens is 3. The minimum Gasteiger partial charge on any atom is -0.468 e. The van der Waals surface area contributed by atoms with Crippen LogP contribution in [-0.4, -0.2) is 32.8 Å². The maximum atomic E-state index is 12.8. The van der Waals surface area contributed by atoms with Crippen molar-refractivity contribution in [2.24, 2.45) is 5.73 Å². The number of halogens is 3. The van der Waals surface area contributed by atoms with Crippen LogP contribution in [0, 0.1) is 0 Å². The molecule has 2 aromatic rings.